The van der Waals surface area contributed by atoms with Gasteiger partial charge in [-0.05, 0) is 48.0 Å². The zero-order valence-electron chi connectivity index (χ0n) is 15.6. The summed E-state index contributed by atoms with van der Waals surface area (Å²) in [4.78, 5) is 12.5. The van der Waals surface area contributed by atoms with Crippen LogP contribution in [0.2, 0.25) is 5.02 Å². The van der Waals surface area contributed by atoms with Gasteiger partial charge in [0.05, 0.1) is 11.0 Å². The number of nitrogens with zero attached hydrogens (tertiary/aromatic N) is 4. The van der Waals surface area contributed by atoms with Crippen molar-refractivity contribution in [3.63, 3.8) is 0 Å². The predicted octanol–water partition coefficient (Wildman–Crippen LogP) is 5.21. The number of halogens is 6. The molecule has 1 N–H and O–H groups in total. The number of nitrogens with one attached hydrogen (secondary N) is 1. The van der Waals surface area contributed by atoms with Gasteiger partial charge < -0.3 is 5.32 Å². The summed E-state index contributed by atoms with van der Waals surface area (Å²) in [6.07, 6.45) is -3.09. The zero-order chi connectivity index (χ0) is 22.2. The quantitative estimate of drug-likeness (QED) is 0.481. The number of anilines is 1. The molecule has 1 unspecified atom stereocenters. The van der Waals surface area contributed by atoms with Crippen LogP contribution in [0.1, 0.15) is 29.9 Å². The number of hydrogen-bond acceptors (Lipinski definition) is 3. The van der Waals surface area contributed by atoms with Gasteiger partial charge in [0, 0.05) is 22.5 Å². The Bertz CT molecular complexity index is 1070. The summed E-state index contributed by atoms with van der Waals surface area (Å²) < 4.78 is 55.3. The second-order valence-corrected chi connectivity index (χ2v) is 7.76. The van der Waals surface area contributed by atoms with E-state index >= 15 is 0 Å². The summed E-state index contributed by atoms with van der Waals surface area (Å²) >= 11 is 9.27. The van der Waals surface area contributed by atoms with Crippen molar-refractivity contribution in [2.45, 2.75) is 32.6 Å². The average molecular weight is 509 g/mol. The number of benzene rings is 1. The Balaban J connectivity index is 1.77. The van der Waals surface area contributed by atoms with Gasteiger partial charge in [-0.1, -0.05) is 17.7 Å². The van der Waals surface area contributed by atoms with Crippen LogP contribution in [0.5, 0.6) is 0 Å². The predicted molar refractivity (Wildman–Crippen MR) is 106 cm³/mol. The molecule has 160 valence electrons. The smallest absolute Gasteiger partial charge is 0.306 e. The Morgan fingerprint density at radius 1 is 1.33 bits per heavy atom. The van der Waals surface area contributed by atoms with Gasteiger partial charge in [-0.3, -0.25) is 14.2 Å². The topological polar surface area (TPSA) is 64.7 Å². The highest BCUT2D eigenvalue weighted by molar-refractivity contribution is 9.10. The highest BCUT2D eigenvalue weighted by atomic mass is 79.9. The first kappa shape index (κ1) is 22.3. The van der Waals surface area contributed by atoms with E-state index < -0.39 is 29.6 Å². The molecule has 2 heterocycles. The van der Waals surface area contributed by atoms with Crippen molar-refractivity contribution in [3.8, 4) is 0 Å². The van der Waals surface area contributed by atoms with Crippen molar-refractivity contribution < 1.29 is 22.4 Å². The minimum atomic E-state index is -4.61. The van der Waals surface area contributed by atoms with Crippen LogP contribution in [0, 0.1) is 12.7 Å². The molecule has 0 aliphatic heterocycles. The molecule has 1 amide bonds. The Labute approximate surface area is 181 Å². The Kier molecular flexibility index (Phi) is 6.23. The van der Waals surface area contributed by atoms with Crippen molar-refractivity contribution in [3.05, 3.63) is 62.7 Å². The van der Waals surface area contributed by atoms with E-state index in [-0.39, 0.29) is 28.6 Å². The highest BCUT2D eigenvalue weighted by Gasteiger charge is 2.35. The molecular weight excluding hydrogens is 494 g/mol. The maximum Gasteiger partial charge on any atom is 0.435 e. The normalized spacial score (nSPS) is 12.8. The van der Waals surface area contributed by atoms with Crippen LogP contribution in [0.4, 0.5) is 23.4 Å². The van der Waals surface area contributed by atoms with Gasteiger partial charge in [0.1, 0.15) is 11.9 Å². The molecule has 0 fully saturated rings. The molecule has 0 aliphatic rings. The first-order valence-corrected chi connectivity index (χ1v) is 9.74. The van der Waals surface area contributed by atoms with Gasteiger partial charge in [-0.25, -0.2) is 4.39 Å². The Hall–Kier alpha value is -2.40. The van der Waals surface area contributed by atoms with Gasteiger partial charge in [0.15, 0.2) is 11.5 Å². The molecule has 3 rings (SSSR count). The minimum Gasteiger partial charge on any atom is -0.306 e. The zero-order valence-corrected chi connectivity index (χ0v) is 18.0. The molecular formula is C18H15BrClF4N5O. The lowest BCUT2D eigenvalue weighted by Gasteiger charge is -2.13. The average Bonchev–Trinajstić information content (AvgIpc) is 3.20. The SMILES string of the molecule is Cc1cc(C(F)(F)F)nn1C(C)C(=O)Nc1nn(Cc2c(F)cccc2Cl)cc1Br. The van der Waals surface area contributed by atoms with Crippen LogP contribution in [-0.2, 0) is 17.5 Å². The van der Waals surface area contributed by atoms with Crippen LogP contribution in [0.3, 0.4) is 0 Å². The lowest BCUT2D eigenvalue weighted by molar-refractivity contribution is -0.141. The maximum absolute atomic E-state index is 14.0. The summed E-state index contributed by atoms with van der Waals surface area (Å²) in [5.41, 5.74) is -0.664. The van der Waals surface area contributed by atoms with Crippen LogP contribution in [-0.4, -0.2) is 25.5 Å². The van der Waals surface area contributed by atoms with E-state index in [1.165, 1.54) is 36.9 Å². The van der Waals surface area contributed by atoms with Gasteiger partial charge in [0.2, 0.25) is 5.91 Å². The summed E-state index contributed by atoms with van der Waals surface area (Å²) in [6.45, 7) is 2.86. The third kappa shape index (κ3) is 4.67. The number of rotatable bonds is 5. The van der Waals surface area contributed by atoms with Crippen LogP contribution >= 0.6 is 27.5 Å². The van der Waals surface area contributed by atoms with E-state index in [1.807, 2.05) is 0 Å². The monoisotopic (exact) mass is 507 g/mol. The van der Waals surface area contributed by atoms with Gasteiger partial charge in [-0.2, -0.15) is 23.4 Å². The van der Waals surface area contributed by atoms with Crippen molar-refractivity contribution >= 4 is 39.3 Å². The molecule has 6 nitrogen and oxygen atoms in total. The molecule has 0 radical (unpaired) electrons. The third-order valence-electron chi connectivity index (χ3n) is 4.30. The summed E-state index contributed by atoms with van der Waals surface area (Å²) in [5, 5.41) is 10.4. The van der Waals surface area contributed by atoms with Gasteiger partial charge in [-0.15, -0.1) is 0 Å². The van der Waals surface area contributed by atoms with Gasteiger partial charge in [0.25, 0.3) is 0 Å². The number of carbonyl (C=O) groups excluding carboxylic acids is 1. The van der Waals surface area contributed by atoms with Crippen molar-refractivity contribution in [2.75, 3.05) is 5.32 Å². The summed E-state index contributed by atoms with van der Waals surface area (Å²) in [7, 11) is 0. The Morgan fingerprint density at radius 3 is 2.63 bits per heavy atom. The van der Waals surface area contributed by atoms with Crippen molar-refractivity contribution in [2.24, 2.45) is 0 Å². The fraction of sp³-hybridized carbons (Fsp3) is 0.278. The van der Waals surface area contributed by atoms with Gasteiger partial charge >= 0.3 is 6.18 Å². The molecule has 1 aromatic carbocycles. The molecule has 30 heavy (non-hydrogen) atoms. The van der Waals surface area contributed by atoms with E-state index in [0.717, 1.165) is 10.7 Å². The van der Waals surface area contributed by atoms with E-state index in [2.05, 4.69) is 31.4 Å². The molecule has 3 aromatic rings. The number of aryl methyl sites for hydroxylation is 1. The molecule has 0 saturated carbocycles. The molecule has 2 aromatic heterocycles. The Morgan fingerprint density at radius 2 is 2.03 bits per heavy atom. The van der Waals surface area contributed by atoms with Crippen LogP contribution < -0.4 is 5.32 Å². The fourth-order valence-corrected chi connectivity index (χ4v) is 3.40. The third-order valence-corrected chi connectivity index (χ3v) is 5.23. The van der Waals surface area contributed by atoms with Crippen molar-refractivity contribution in [1.29, 1.82) is 0 Å². The minimum absolute atomic E-state index is 0.0166. The standard InChI is InChI=1S/C18H15BrClF4N5O/c1-9-6-15(18(22,23)24)26-29(9)10(2)17(30)25-16-12(19)8-28(27-16)7-11-13(20)4-3-5-14(11)21/h3-6,8,10H,7H2,1-2H3,(H,25,27,30). The molecule has 1 atom stereocenters. The molecule has 0 spiro atoms. The molecule has 0 saturated heterocycles. The van der Waals surface area contributed by atoms with Crippen LogP contribution in [0.15, 0.2) is 34.9 Å². The first-order valence-electron chi connectivity index (χ1n) is 8.57. The number of carbonyl (C=O) groups is 1. The van der Waals surface area contributed by atoms with E-state index in [0.29, 0.717) is 4.47 Å². The summed E-state index contributed by atoms with van der Waals surface area (Å²) in [5.74, 6) is -0.993. The van der Waals surface area contributed by atoms with Crippen LogP contribution in [0.25, 0.3) is 0 Å². The number of alkyl halides is 3. The maximum atomic E-state index is 14.0. The second kappa shape index (κ2) is 8.38. The summed E-state index contributed by atoms with van der Waals surface area (Å²) in [6, 6.07) is 4.14. The number of aromatic nitrogens is 4. The molecule has 12 heteroatoms. The van der Waals surface area contributed by atoms with Crippen molar-refractivity contribution in [1.82, 2.24) is 19.6 Å². The first-order chi connectivity index (χ1) is 14.0. The highest BCUT2D eigenvalue weighted by Crippen LogP contribution is 2.30. The number of hydrogen-bond donors (Lipinski definition) is 1. The largest absolute Gasteiger partial charge is 0.435 e. The van der Waals surface area contributed by atoms with E-state index in [9.17, 15) is 22.4 Å². The molecule has 0 bridgehead atoms. The second-order valence-electron chi connectivity index (χ2n) is 6.50. The lowest BCUT2D eigenvalue weighted by Crippen LogP contribution is -2.26. The van der Waals surface area contributed by atoms with E-state index in [1.54, 1.807) is 6.07 Å². The molecule has 0 aliphatic carbocycles. The van der Waals surface area contributed by atoms with E-state index in [4.69, 9.17) is 11.6 Å². The number of amides is 1. The fourth-order valence-electron chi connectivity index (χ4n) is 2.76. The lowest BCUT2D eigenvalue weighted by atomic mass is 10.2.